The van der Waals surface area contributed by atoms with Crippen molar-refractivity contribution in [3.05, 3.63) is 300 Å². The van der Waals surface area contributed by atoms with Gasteiger partial charge in [-0.3, -0.25) is 0 Å². The fraction of sp³-hybridized carbons (Fsp3) is 0. The van der Waals surface area contributed by atoms with Crippen molar-refractivity contribution in [2.75, 3.05) is 0 Å². The minimum Gasteiger partial charge on any atom is -0.457 e. The molecule has 2 heteroatoms. The van der Waals surface area contributed by atoms with E-state index in [9.17, 15) is 0 Å². The number of ether oxygens (including phenoxy) is 2. The molecule has 0 spiro atoms. The Labute approximate surface area is 387 Å². The molecule has 0 atom stereocenters. The number of rotatable bonds is 13. The van der Waals surface area contributed by atoms with E-state index in [1.807, 2.05) is 72.8 Å². The Morgan fingerprint density at radius 3 is 0.864 bits per heavy atom. The summed E-state index contributed by atoms with van der Waals surface area (Å²) in [5, 5.41) is 0. The van der Waals surface area contributed by atoms with E-state index in [0.717, 1.165) is 78.7 Å². The van der Waals surface area contributed by atoms with Crippen LogP contribution in [0.1, 0.15) is 33.4 Å². The van der Waals surface area contributed by atoms with Gasteiger partial charge in [0, 0.05) is 11.1 Å². The standard InChI is InChI=1S/C64H46O2/c1-7-19-47(20-8-1)49-31-35-53(36-32-49)61(51-23-11-3-12-24-51)43-57-41-39-55(45-63(57)65-59-27-15-5-16-28-59)56-40-42-58(64(46-56)66-60-29-17-6-18-30-60)44-62(52-25-13-4-14-26-52)54-37-33-50(34-38-54)48-21-9-2-10-22-48/h1-46H. The van der Waals surface area contributed by atoms with Gasteiger partial charge < -0.3 is 9.47 Å². The normalized spacial score (nSPS) is 11.5. The van der Waals surface area contributed by atoms with Gasteiger partial charge in [-0.2, -0.15) is 0 Å². The highest BCUT2D eigenvalue weighted by molar-refractivity contribution is 5.95. The summed E-state index contributed by atoms with van der Waals surface area (Å²) in [5.41, 5.74) is 15.3. The Bertz CT molecular complexity index is 2990. The monoisotopic (exact) mass is 846 g/mol. The fourth-order valence-corrected chi connectivity index (χ4v) is 8.23. The van der Waals surface area contributed by atoms with Gasteiger partial charge in [0.05, 0.1) is 0 Å². The van der Waals surface area contributed by atoms with Crippen LogP contribution in [0.2, 0.25) is 0 Å². The summed E-state index contributed by atoms with van der Waals surface area (Å²) in [6.07, 6.45) is 4.48. The second kappa shape index (κ2) is 19.8. The van der Waals surface area contributed by atoms with Crippen LogP contribution in [0.5, 0.6) is 23.0 Å². The molecule has 10 aromatic rings. The van der Waals surface area contributed by atoms with Gasteiger partial charge in [-0.1, -0.05) is 231 Å². The van der Waals surface area contributed by atoms with Crippen LogP contribution in [-0.2, 0) is 0 Å². The van der Waals surface area contributed by atoms with Crippen LogP contribution in [0.3, 0.4) is 0 Å². The third-order valence-electron chi connectivity index (χ3n) is 11.7. The largest absolute Gasteiger partial charge is 0.457 e. The van der Waals surface area contributed by atoms with Crippen LogP contribution in [0, 0.1) is 0 Å². The highest BCUT2D eigenvalue weighted by Gasteiger charge is 2.15. The molecule has 2 nitrogen and oxygen atoms in total. The Morgan fingerprint density at radius 1 is 0.242 bits per heavy atom. The third-order valence-corrected chi connectivity index (χ3v) is 11.7. The molecule has 0 saturated heterocycles. The molecule has 314 valence electrons. The van der Waals surface area contributed by atoms with Gasteiger partial charge in [0.1, 0.15) is 23.0 Å². The molecular weight excluding hydrogens is 801 g/mol. The van der Waals surface area contributed by atoms with Crippen molar-refractivity contribution in [3.63, 3.8) is 0 Å². The van der Waals surface area contributed by atoms with Crippen molar-refractivity contribution in [2.24, 2.45) is 0 Å². The van der Waals surface area contributed by atoms with Gasteiger partial charge in [-0.15, -0.1) is 0 Å². The quantitative estimate of drug-likeness (QED) is 0.108. The number of benzene rings is 10. The maximum atomic E-state index is 6.77. The number of para-hydroxylation sites is 2. The minimum atomic E-state index is 0.743. The van der Waals surface area contributed by atoms with Crippen molar-refractivity contribution in [2.45, 2.75) is 0 Å². The maximum Gasteiger partial charge on any atom is 0.135 e. The van der Waals surface area contributed by atoms with E-state index < -0.39 is 0 Å². The van der Waals surface area contributed by atoms with Crippen molar-refractivity contribution in [1.82, 2.24) is 0 Å². The molecule has 0 aliphatic heterocycles. The SMILES string of the molecule is C(=C(c1ccccc1)c1ccc(-c2ccccc2)cc1)c1ccc(-c2ccc(C=C(c3ccccc3)c3ccc(-c4ccccc4)cc3)c(Oc3ccccc3)c2)cc1Oc1ccccc1. The van der Waals surface area contributed by atoms with Gasteiger partial charge in [0.15, 0.2) is 0 Å². The van der Waals surface area contributed by atoms with E-state index in [1.54, 1.807) is 0 Å². The molecule has 66 heavy (non-hydrogen) atoms. The average molecular weight is 847 g/mol. The van der Waals surface area contributed by atoms with E-state index in [0.29, 0.717) is 0 Å². The van der Waals surface area contributed by atoms with Gasteiger partial charge in [0.25, 0.3) is 0 Å². The topological polar surface area (TPSA) is 18.5 Å². The smallest absolute Gasteiger partial charge is 0.135 e. The van der Waals surface area contributed by atoms with E-state index in [-0.39, 0.29) is 0 Å². The lowest BCUT2D eigenvalue weighted by Gasteiger charge is -2.16. The molecule has 10 rings (SSSR count). The van der Waals surface area contributed by atoms with Crippen molar-refractivity contribution in [1.29, 1.82) is 0 Å². The molecule has 10 aromatic carbocycles. The van der Waals surface area contributed by atoms with Crippen LogP contribution in [0.4, 0.5) is 0 Å². The zero-order valence-electron chi connectivity index (χ0n) is 36.4. The molecule has 0 bridgehead atoms. The molecular formula is C64H46O2. The first-order valence-electron chi connectivity index (χ1n) is 22.3. The van der Waals surface area contributed by atoms with Gasteiger partial charge in [-0.25, -0.2) is 0 Å². The number of hydrogen-bond acceptors (Lipinski definition) is 2. The van der Waals surface area contributed by atoms with E-state index in [4.69, 9.17) is 9.47 Å². The second-order valence-corrected chi connectivity index (χ2v) is 16.1. The molecule has 0 unspecified atom stereocenters. The maximum absolute atomic E-state index is 6.77. The zero-order chi connectivity index (χ0) is 44.3. The average Bonchev–Trinajstić information content (AvgIpc) is 3.39. The van der Waals surface area contributed by atoms with Gasteiger partial charge in [0.2, 0.25) is 0 Å². The van der Waals surface area contributed by atoms with Crippen molar-refractivity contribution >= 4 is 23.3 Å². The lowest BCUT2D eigenvalue weighted by molar-refractivity contribution is 0.480. The van der Waals surface area contributed by atoms with Gasteiger partial charge >= 0.3 is 0 Å². The molecule has 0 aliphatic carbocycles. The lowest BCUT2D eigenvalue weighted by Crippen LogP contribution is -1.94. The molecule has 0 amide bonds. The zero-order valence-corrected chi connectivity index (χ0v) is 36.4. The molecule has 0 radical (unpaired) electrons. The minimum absolute atomic E-state index is 0.743. The first-order valence-corrected chi connectivity index (χ1v) is 22.3. The van der Waals surface area contributed by atoms with E-state index in [1.165, 1.54) is 22.3 Å². The van der Waals surface area contributed by atoms with Crippen LogP contribution >= 0.6 is 0 Å². The second-order valence-electron chi connectivity index (χ2n) is 16.1. The highest BCUT2D eigenvalue weighted by atomic mass is 16.5. The molecule has 0 fully saturated rings. The summed E-state index contributed by atoms with van der Waals surface area (Å²) in [4.78, 5) is 0. The predicted molar refractivity (Wildman–Crippen MR) is 275 cm³/mol. The van der Waals surface area contributed by atoms with Crippen molar-refractivity contribution < 1.29 is 9.47 Å². The Balaban J connectivity index is 1.07. The molecule has 0 N–H and O–H groups in total. The summed E-state index contributed by atoms with van der Waals surface area (Å²) in [7, 11) is 0. The predicted octanol–water partition coefficient (Wildman–Crippen LogP) is 17.4. The first-order chi connectivity index (χ1) is 32.7. The van der Waals surface area contributed by atoms with Crippen LogP contribution in [-0.4, -0.2) is 0 Å². The summed E-state index contributed by atoms with van der Waals surface area (Å²) < 4.78 is 13.5. The van der Waals surface area contributed by atoms with Crippen LogP contribution in [0.25, 0.3) is 56.7 Å². The molecule has 0 aliphatic rings. The fourth-order valence-electron chi connectivity index (χ4n) is 8.23. The Kier molecular flexibility index (Phi) is 12.4. The highest BCUT2D eigenvalue weighted by Crippen LogP contribution is 2.39. The lowest BCUT2D eigenvalue weighted by atomic mass is 9.92. The molecule has 0 heterocycles. The van der Waals surface area contributed by atoms with E-state index in [2.05, 4.69) is 206 Å². The van der Waals surface area contributed by atoms with Crippen molar-refractivity contribution in [3.8, 4) is 56.4 Å². The Morgan fingerprint density at radius 2 is 0.515 bits per heavy atom. The summed E-state index contributed by atoms with van der Waals surface area (Å²) >= 11 is 0. The third kappa shape index (κ3) is 9.75. The van der Waals surface area contributed by atoms with Crippen LogP contribution in [0.15, 0.2) is 267 Å². The van der Waals surface area contributed by atoms with E-state index >= 15 is 0 Å². The Hall–Kier alpha value is -8.72. The summed E-state index contributed by atoms with van der Waals surface area (Å²) in [6, 6.07) is 92.7. The van der Waals surface area contributed by atoms with Gasteiger partial charge in [-0.05, 0) is 115 Å². The first kappa shape index (κ1) is 41.3. The summed E-state index contributed by atoms with van der Waals surface area (Å²) in [5.74, 6) is 3.01. The number of hydrogen-bond donors (Lipinski definition) is 0. The van der Waals surface area contributed by atoms with Crippen LogP contribution < -0.4 is 9.47 Å². The molecule has 0 saturated carbocycles. The summed E-state index contributed by atoms with van der Waals surface area (Å²) in [6.45, 7) is 0. The molecule has 0 aromatic heterocycles.